The highest BCUT2D eigenvalue weighted by molar-refractivity contribution is 5.33. The minimum atomic E-state index is 0.719. The third-order valence-corrected chi connectivity index (χ3v) is 3.36. The van der Waals surface area contributed by atoms with Gasteiger partial charge in [0.25, 0.3) is 0 Å². The molecule has 1 N–H and O–H groups in total. The van der Waals surface area contributed by atoms with Gasteiger partial charge in [0, 0.05) is 25.3 Å². The molecule has 100 valence electrons. The second kappa shape index (κ2) is 7.39. The van der Waals surface area contributed by atoms with Gasteiger partial charge >= 0.3 is 0 Å². The highest BCUT2D eigenvalue weighted by atomic mass is 16.5. The van der Waals surface area contributed by atoms with Crippen LogP contribution in [0.2, 0.25) is 0 Å². The zero-order valence-electron chi connectivity index (χ0n) is 11.2. The number of ether oxygens (including phenoxy) is 2. The maximum Gasteiger partial charge on any atom is 0.123 e. The fraction of sp³-hybridized carbons (Fsp3) is 0.600. The monoisotopic (exact) mass is 249 g/mol. The molecular weight excluding hydrogens is 226 g/mol. The second-order valence-corrected chi connectivity index (χ2v) is 4.73. The van der Waals surface area contributed by atoms with Crippen molar-refractivity contribution in [3.63, 3.8) is 0 Å². The van der Waals surface area contributed by atoms with Crippen molar-refractivity contribution in [3.8, 4) is 5.75 Å². The Kier molecular flexibility index (Phi) is 5.49. The van der Waals surface area contributed by atoms with Gasteiger partial charge in [0.15, 0.2) is 0 Å². The fourth-order valence-electron chi connectivity index (χ4n) is 2.31. The van der Waals surface area contributed by atoms with Crippen molar-refractivity contribution in [2.24, 2.45) is 5.92 Å². The van der Waals surface area contributed by atoms with Crippen molar-refractivity contribution in [3.05, 3.63) is 29.8 Å². The predicted octanol–water partition coefficient (Wildman–Crippen LogP) is 2.60. The van der Waals surface area contributed by atoms with E-state index in [-0.39, 0.29) is 0 Å². The Morgan fingerprint density at radius 3 is 2.83 bits per heavy atom. The van der Waals surface area contributed by atoms with Gasteiger partial charge in [-0.3, -0.25) is 0 Å². The SMILES string of the molecule is CCOc1ccccc1CNCC1CCOCC1. The topological polar surface area (TPSA) is 30.5 Å². The third-order valence-electron chi connectivity index (χ3n) is 3.36. The van der Waals surface area contributed by atoms with Gasteiger partial charge in [-0.05, 0) is 38.3 Å². The summed E-state index contributed by atoms with van der Waals surface area (Å²) in [7, 11) is 0. The first-order chi connectivity index (χ1) is 8.90. The van der Waals surface area contributed by atoms with E-state index in [4.69, 9.17) is 9.47 Å². The lowest BCUT2D eigenvalue weighted by Gasteiger charge is -2.22. The van der Waals surface area contributed by atoms with E-state index in [2.05, 4.69) is 17.4 Å². The molecule has 0 saturated carbocycles. The van der Waals surface area contributed by atoms with E-state index in [1.54, 1.807) is 0 Å². The number of para-hydroxylation sites is 1. The summed E-state index contributed by atoms with van der Waals surface area (Å²) < 4.78 is 11.0. The van der Waals surface area contributed by atoms with Crippen molar-refractivity contribution in [2.45, 2.75) is 26.3 Å². The van der Waals surface area contributed by atoms with Crippen LogP contribution in [0.5, 0.6) is 5.75 Å². The molecule has 0 unspecified atom stereocenters. The lowest BCUT2D eigenvalue weighted by molar-refractivity contribution is 0.0662. The molecule has 1 saturated heterocycles. The maximum atomic E-state index is 5.62. The van der Waals surface area contributed by atoms with Crippen LogP contribution in [0.25, 0.3) is 0 Å². The number of hydrogen-bond acceptors (Lipinski definition) is 3. The lowest BCUT2D eigenvalue weighted by atomic mass is 10.0. The van der Waals surface area contributed by atoms with Crippen LogP contribution in [0, 0.1) is 5.92 Å². The zero-order chi connectivity index (χ0) is 12.6. The molecule has 2 rings (SSSR count). The summed E-state index contributed by atoms with van der Waals surface area (Å²) in [4.78, 5) is 0. The van der Waals surface area contributed by atoms with E-state index in [9.17, 15) is 0 Å². The molecule has 1 aliphatic heterocycles. The number of rotatable bonds is 6. The quantitative estimate of drug-likeness (QED) is 0.840. The molecule has 1 aromatic rings. The van der Waals surface area contributed by atoms with Crippen LogP contribution >= 0.6 is 0 Å². The normalized spacial score (nSPS) is 16.7. The predicted molar refractivity (Wildman–Crippen MR) is 72.9 cm³/mol. The highest BCUT2D eigenvalue weighted by Gasteiger charge is 2.13. The molecule has 0 aliphatic carbocycles. The Morgan fingerprint density at radius 2 is 2.06 bits per heavy atom. The molecule has 1 aliphatic rings. The van der Waals surface area contributed by atoms with Gasteiger partial charge in [0.2, 0.25) is 0 Å². The molecule has 0 radical (unpaired) electrons. The van der Waals surface area contributed by atoms with Gasteiger partial charge in [-0.15, -0.1) is 0 Å². The first kappa shape index (κ1) is 13.4. The fourth-order valence-corrected chi connectivity index (χ4v) is 2.31. The standard InChI is InChI=1S/C15H23NO2/c1-2-18-15-6-4-3-5-14(15)12-16-11-13-7-9-17-10-8-13/h3-6,13,16H,2,7-12H2,1H3. The molecule has 3 heteroatoms. The minimum absolute atomic E-state index is 0.719. The molecule has 0 bridgehead atoms. The van der Waals surface area contributed by atoms with E-state index in [0.29, 0.717) is 0 Å². The maximum absolute atomic E-state index is 5.62. The summed E-state index contributed by atoms with van der Waals surface area (Å²) in [6.45, 7) is 6.53. The number of nitrogens with one attached hydrogen (secondary N) is 1. The highest BCUT2D eigenvalue weighted by Crippen LogP contribution is 2.18. The van der Waals surface area contributed by atoms with Gasteiger partial charge in [-0.1, -0.05) is 18.2 Å². The molecule has 3 nitrogen and oxygen atoms in total. The Balaban J connectivity index is 1.78. The minimum Gasteiger partial charge on any atom is -0.494 e. The summed E-state index contributed by atoms with van der Waals surface area (Å²) in [5, 5.41) is 3.53. The van der Waals surface area contributed by atoms with Crippen LogP contribution < -0.4 is 10.1 Å². The summed E-state index contributed by atoms with van der Waals surface area (Å²) in [5.74, 6) is 1.76. The molecule has 18 heavy (non-hydrogen) atoms. The Morgan fingerprint density at radius 1 is 1.28 bits per heavy atom. The first-order valence-electron chi connectivity index (χ1n) is 6.89. The third kappa shape index (κ3) is 4.00. The van der Waals surface area contributed by atoms with Crippen LogP contribution in [-0.2, 0) is 11.3 Å². The second-order valence-electron chi connectivity index (χ2n) is 4.73. The van der Waals surface area contributed by atoms with Crippen molar-refractivity contribution in [1.82, 2.24) is 5.32 Å². The lowest BCUT2D eigenvalue weighted by Crippen LogP contribution is -2.27. The van der Waals surface area contributed by atoms with Crippen molar-refractivity contribution < 1.29 is 9.47 Å². The van der Waals surface area contributed by atoms with Crippen LogP contribution in [0.1, 0.15) is 25.3 Å². The molecule has 1 fully saturated rings. The summed E-state index contributed by atoms with van der Waals surface area (Å²) >= 11 is 0. The summed E-state index contributed by atoms with van der Waals surface area (Å²) in [5.41, 5.74) is 1.24. The van der Waals surface area contributed by atoms with Gasteiger partial charge < -0.3 is 14.8 Å². The molecule has 0 atom stereocenters. The largest absolute Gasteiger partial charge is 0.494 e. The average Bonchev–Trinajstić information content (AvgIpc) is 2.42. The summed E-state index contributed by atoms with van der Waals surface area (Å²) in [6, 6.07) is 8.25. The Labute approximate surface area is 109 Å². The molecule has 0 amide bonds. The average molecular weight is 249 g/mol. The van der Waals surface area contributed by atoms with E-state index >= 15 is 0 Å². The molecular formula is C15H23NO2. The molecule has 0 aromatic heterocycles. The van der Waals surface area contributed by atoms with E-state index in [0.717, 1.165) is 44.6 Å². The Bertz CT molecular complexity index is 348. The molecule has 0 spiro atoms. The number of benzene rings is 1. The van der Waals surface area contributed by atoms with E-state index < -0.39 is 0 Å². The van der Waals surface area contributed by atoms with Crippen LogP contribution in [0.3, 0.4) is 0 Å². The zero-order valence-corrected chi connectivity index (χ0v) is 11.2. The smallest absolute Gasteiger partial charge is 0.123 e. The molecule has 1 aromatic carbocycles. The van der Waals surface area contributed by atoms with Gasteiger partial charge in [-0.25, -0.2) is 0 Å². The van der Waals surface area contributed by atoms with Gasteiger partial charge in [0.1, 0.15) is 5.75 Å². The van der Waals surface area contributed by atoms with Crippen molar-refractivity contribution >= 4 is 0 Å². The van der Waals surface area contributed by atoms with Crippen molar-refractivity contribution in [1.29, 1.82) is 0 Å². The number of hydrogen-bond donors (Lipinski definition) is 1. The van der Waals surface area contributed by atoms with E-state index in [1.165, 1.54) is 18.4 Å². The first-order valence-corrected chi connectivity index (χ1v) is 6.89. The molecule has 1 heterocycles. The van der Waals surface area contributed by atoms with Crippen molar-refractivity contribution in [2.75, 3.05) is 26.4 Å². The summed E-state index contributed by atoms with van der Waals surface area (Å²) in [6.07, 6.45) is 2.36. The van der Waals surface area contributed by atoms with Gasteiger partial charge in [-0.2, -0.15) is 0 Å². The van der Waals surface area contributed by atoms with Crippen LogP contribution in [0.4, 0.5) is 0 Å². The van der Waals surface area contributed by atoms with Crippen LogP contribution in [0.15, 0.2) is 24.3 Å². The Hall–Kier alpha value is -1.06. The van der Waals surface area contributed by atoms with Gasteiger partial charge in [0.05, 0.1) is 6.61 Å². The van der Waals surface area contributed by atoms with E-state index in [1.807, 2.05) is 19.1 Å². The van der Waals surface area contributed by atoms with Crippen LogP contribution in [-0.4, -0.2) is 26.4 Å².